The van der Waals surface area contributed by atoms with Crippen molar-refractivity contribution in [3.63, 3.8) is 0 Å². The van der Waals surface area contributed by atoms with Crippen molar-refractivity contribution in [3.8, 4) is 0 Å². The predicted octanol–water partition coefficient (Wildman–Crippen LogP) is 4.05. The minimum absolute atomic E-state index is 0.0788. The largest absolute Gasteiger partial charge is 0.376 e. The minimum Gasteiger partial charge on any atom is -0.376 e. The Bertz CT molecular complexity index is 1400. The zero-order valence-corrected chi connectivity index (χ0v) is 21.3. The zero-order valence-electron chi connectivity index (χ0n) is 21.3. The number of H-pyrrole nitrogens is 1. The van der Waals surface area contributed by atoms with E-state index in [9.17, 15) is 4.79 Å². The maximum Gasteiger partial charge on any atom is 0.253 e. The topological polar surface area (TPSA) is 88.9 Å². The number of rotatable bonds is 7. The molecule has 2 unspecified atom stereocenters. The van der Waals surface area contributed by atoms with Gasteiger partial charge in [0, 0.05) is 12.2 Å². The highest BCUT2D eigenvalue weighted by Crippen LogP contribution is 2.32. The number of hydrogen-bond donors (Lipinski definition) is 1. The first-order valence-corrected chi connectivity index (χ1v) is 13.4. The van der Waals surface area contributed by atoms with E-state index >= 15 is 0 Å². The summed E-state index contributed by atoms with van der Waals surface area (Å²) in [5, 5.41) is 13.9. The molecule has 1 N–H and O–H groups in total. The van der Waals surface area contributed by atoms with Gasteiger partial charge in [-0.15, -0.1) is 5.10 Å². The van der Waals surface area contributed by atoms with Gasteiger partial charge in [0.2, 0.25) is 0 Å². The fourth-order valence-electron chi connectivity index (χ4n) is 5.98. The molecule has 0 bridgehead atoms. The smallest absolute Gasteiger partial charge is 0.253 e. The van der Waals surface area contributed by atoms with Gasteiger partial charge < -0.3 is 9.72 Å². The van der Waals surface area contributed by atoms with E-state index in [1.165, 1.54) is 5.56 Å². The number of para-hydroxylation sites is 1. The van der Waals surface area contributed by atoms with Crippen LogP contribution in [0.15, 0.2) is 59.4 Å². The Hall–Kier alpha value is -3.36. The molecule has 0 saturated carbocycles. The molecule has 0 aliphatic carbocycles. The SMILES string of the molecule is Cc1cccc2cc(C(c3nnnn3CC3CCCO3)N3CCC(Cc4ccccc4)CC3)c(=O)[nH]c12. The Morgan fingerprint density at radius 3 is 2.70 bits per heavy atom. The predicted molar refractivity (Wildman–Crippen MR) is 142 cm³/mol. The van der Waals surface area contributed by atoms with Crippen LogP contribution in [0.25, 0.3) is 10.9 Å². The fraction of sp³-hybridized carbons (Fsp3) is 0.448. The molecule has 8 nitrogen and oxygen atoms in total. The van der Waals surface area contributed by atoms with E-state index in [2.05, 4.69) is 61.8 Å². The van der Waals surface area contributed by atoms with Crippen LogP contribution in [-0.2, 0) is 17.7 Å². The first kappa shape index (κ1) is 24.0. The van der Waals surface area contributed by atoms with E-state index in [4.69, 9.17) is 4.74 Å². The van der Waals surface area contributed by atoms with Crippen LogP contribution in [0.3, 0.4) is 0 Å². The summed E-state index contributed by atoms with van der Waals surface area (Å²) in [7, 11) is 0. The van der Waals surface area contributed by atoms with Crippen molar-refractivity contribution in [1.82, 2.24) is 30.1 Å². The maximum absolute atomic E-state index is 13.5. The van der Waals surface area contributed by atoms with E-state index in [0.29, 0.717) is 18.0 Å². The molecule has 2 aromatic heterocycles. The highest BCUT2D eigenvalue weighted by Gasteiger charge is 2.34. The van der Waals surface area contributed by atoms with E-state index < -0.39 is 0 Å². The van der Waals surface area contributed by atoms with Crippen molar-refractivity contribution < 1.29 is 4.74 Å². The number of aryl methyl sites for hydroxylation is 1. The first-order valence-electron chi connectivity index (χ1n) is 13.4. The lowest BCUT2D eigenvalue weighted by Gasteiger charge is -2.37. The highest BCUT2D eigenvalue weighted by atomic mass is 16.5. The summed E-state index contributed by atoms with van der Waals surface area (Å²) in [4.78, 5) is 19.1. The van der Waals surface area contributed by atoms with E-state index in [1.54, 1.807) is 0 Å². The Balaban J connectivity index is 1.33. The van der Waals surface area contributed by atoms with Gasteiger partial charge in [-0.25, -0.2) is 4.68 Å². The molecule has 2 fully saturated rings. The van der Waals surface area contributed by atoms with Gasteiger partial charge in [-0.3, -0.25) is 9.69 Å². The van der Waals surface area contributed by atoms with Crippen molar-refractivity contribution in [2.75, 3.05) is 19.7 Å². The molecule has 192 valence electrons. The van der Waals surface area contributed by atoms with E-state index in [1.807, 2.05) is 29.8 Å². The van der Waals surface area contributed by atoms with Gasteiger partial charge in [-0.05, 0) is 91.0 Å². The van der Waals surface area contributed by atoms with Gasteiger partial charge in [-0.2, -0.15) is 0 Å². The Morgan fingerprint density at radius 2 is 1.92 bits per heavy atom. The number of nitrogens with zero attached hydrogens (tertiary/aromatic N) is 5. The zero-order chi connectivity index (χ0) is 25.2. The highest BCUT2D eigenvalue weighted by molar-refractivity contribution is 5.82. The summed E-state index contributed by atoms with van der Waals surface area (Å²) in [5.41, 5.74) is 3.95. The summed E-state index contributed by atoms with van der Waals surface area (Å²) in [6.45, 7) is 5.19. The molecule has 6 rings (SSSR count). The Kier molecular flexibility index (Phi) is 6.85. The van der Waals surface area contributed by atoms with E-state index in [0.717, 1.165) is 74.1 Å². The van der Waals surface area contributed by atoms with Crippen molar-refractivity contribution in [1.29, 1.82) is 0 Å². The summed E-state index contributed by atoms with van der Waals surface area (Å²) >= 11 is 0. The quantitative estimate of drug-likeness (QED) is 0.414. The van der Waals surface area contributed by atoms with Crippen LogP contribution >= 0.6 is 0 Å². The third-order valence-electron chi connectivity index (χ3n) is 8.00. The van der Waals surface area contributed by atoms with Gasteiger partial charge in [0.15, 0.2) is 5.82 Å². The van der Waals surface area contributed by atoms with Crippen LogP contribution in [0.4, 0.5) is 0 Å². The fourth-order valence-corrected chi connectivity index (χ4v) is 5.98. The number of piperidine rings is 1. The number of ether oxygens (including phenoxy) is 1. The third kappa shape index (κ3) is 5.08. The molecule has 37 heavy (non-hydrogen) atoms. The molecule has 2 saturated heterocycles. The number of nitrogens with one attached hydrogen (secondary N) is 1. The molecular formula is C29H34N6O2. The number of fused-ring (bicyclic) bond motifs is 1. The third-order valence-corrected chi connectivity index (χ3v) is 8.00. The van der Waals surface area contributed by atoms with Crippen molar-refractivity contribution in [2.24, 2.45) is 5.92 Å². The van der Waals surface area contributed by atoms with E-state index in [-0.39, 0.29) is 17.7 Å². The molecule has 2 aliphatic rings. The van der Waals surface area contributed by atoms with Crippen molar-refractivity contribution >= 4 is 10.9 Å². The molecule has 8 heteroatoms. The average molecular weight is 499 g/mol. The van der Waals surface area contributed by atoms with Gasteiger partial charge in [0.05, 0.1) is 18.2 Å². The second-order valence-corrected chi connectivity index (χ2v) is 10.5. The molecule has 2 atom stereocenters. The number of benzene rings is 2. The molecule has 4 heterocycles. The molecule has 0 amide bonds. The van der Waals surface area contributed by atoms with Crippen LogP contribution in [0.1, 0.15) is 54.2 Å². The second kappa shape index (κ2) is 10.6. The number of likely N-dealkylation sites (tertiary alicyclic amines) is 1. The van der Waals surface area contributed by atoms with Crippen LogP contribution in [-0.4, -0.2) is 55.9 Å². The second-order valence-electron chi connectivity index (χ2n) is 10.5. The standard InChI is InChI=1S/C29H34N6O2/c1-20-7-5-10-23-18-25(29(36)30-26(20)23)27(28-31-32-33-35(28)19-24-11-6-16-37-24)34-14-12-22(13-15-34)17-21-8-3-2-4-9-21/h2-5,7-10,18,22,24,27H,6,11-17,19H2,1H3,(H,30,36). The van der Waals surface area contributed by atoms with Crippen LogP contribution in [0.5, 0.6) is 0 Å². The minimum atomic E-state index is -0.317. The molecule has 4 aromatic rings. The maximum atomic E-state index is 13.5. The normalized spacial score (nSPS) is 20.0. The lowest BCUT2D eigenvalue weighted by Crippen LogP contribution is -2.41. The molecule has 2 aromatic carbocycles. The van der Waals surface area contributed by atoms with Crippen LogP contribution < -0.4 is 5.56 Å². The van der Waals surface area contributed by atoms with Gasteiger partial charge >= 0.3 is 0 Å². The lowest BCUT2D eigenvalue weighted by molar-refractivity contribution is 0.0892. The van der Waals surface area contributed by atoms with Gasteiger partial charge in [-0.1, -0.05) is 48.5 Å². The average Bonchev–Trinajstić information content (AvgIpc) is 3.60. The van der Waals surface area contributed by atoms with Gasteiger partial charge in [0.1, 0.15) is 6.04 Å². The Morgan fingerprint density at radius 1 is 1.08 bits per heavy atom. The van der Waals surface area contributed by atoms with Gasteiger partial charge in [0.25, 0.3) is 5.56 Å². The molecular weight excluding hydrogens is 464 g/mol. The summed E-state index contributed by atoms with van der Waals surface area (Å²) < 4.78 is 7.74. The monoisotopic (exact) mass is 498 g/mol. The molecule has 2 aliphatic heterocycles. The number of aromatic nitrogens is 5. The molecule has 0 radical (unpaired) electrons. The number of hydrogen-bond acceptors (Lipinski definition) is 6. The summed E-state index contributed by atoms with van der Waals surface area (Å²) in [6.07, 6.45) is 5.41. The van der Waals surface area contributed by atoms with Crippen LogP contribution in [0, 0.1) is 12.8 Å². The number of tetrazole rings is 1. The lowest BCUT2D eigenvalue weighted by atomic mass is 9.89. The van der Waals surface area contributed by atoms with Crippen molar-refractivity contribution in [2.45, 2.75) is 57.7 Å². The molecule has 0 spiro atoms. The number of pyridine rings is 1. The Labute approximate surface area is 216 Å². The van der Waals surface area contributed by atoms with Crippen LogP contribution in [0.2, 0.25) is 0 Å². The first-order chi connectivity index (χ1) is 18.2. The summed E-state index contributed by atoms with van der Waals surface area (Å²) in [5.74, 6) is 1.34. The summed E-state index contributed by atoms with van der Waals surface area (Å²) in [6, 6.07) is 18.6. The van der Waals surface area contributed by atoms with Crippen molar-refractivity contribution in [3.05, 3.63) is 87.5 Å². The number of aromatic amines is 1.